The van der Waals surface area contributed by atoms with E-state index in [0.717, 1.165) is 16.1 Å². The predicted molar refractivity (Wildman–Crippen MR) is 109 cm³/mol. The third kappa shape index (κ3) is 3.29. The summed E-state index contributed by atoms with van der Waals surface area (Å²) in [4.78, 5) is 35.5. The minimum Gasteiger partial charge on any atom is -0.298 e. The second kappa shape index (κ2) is 7.05. The molecule has 0 fully saturated rings. The van der Waals surface area contributed by atoms with Crippen molar-refractivity contribution in [1.82, 2.24) is 14.4 Å². The molecule has 0 aliphatic rings. The highest BCUT2D eigenvalue weighted by Crippen LogP contribution is 2.36. The highest BCUT2D eigenvalue weighted by molar-refractivity contribution is 7.16. The lowest BCUT2D eigenvalue weighted by Gasteiger charge is -2.04. The normalized spacial score (nSPS) is 11.2. The number of anilines is 1. The molecule has 0 bridgehead atoms. The summed E-state index contributed by atoms with van der Waals surface area (Å²) in [5.41, 5.74) is 1.46. The third-order valence-electron chi connectivity index (χ3n) is 4.03. The summed E-state index contributed by atoms with van der Waals surface area (Å²) >= 11 is 2.77. The highest BCUT2D eigenvalue weighted by atomic mass is 32.1. The lowest BCUT2D eigenvalue weighted by Crippen LogP contribution is -2.25. The Morgan fingerprint density at radius 1 is 1.22 bits per heavy atom. The van der Waals surface area contributed by atoms with Crippen LogP contribution in [-0.2, 0) is 0 Å². The fourth-order valence-corrected chi connectivity index (χ4v) is 4.38. The van der Waals surface area contributed by atoms with Crippen LogP contribution in [0.4, 0.5) is 5.13 Å². The van der Waals surface area contributed by atoms with Crippen LogP contribution in [0, 0.1) is 0 Å². The number of fused-ring (bicyclic) bond motifs is 1. The van der Waals surface area contributed by atoms with Crippen molar-refractivity contribution in [3.63, 3.8) is 0 Å². The van der Waals surface area contributed by atoms with Crippen molar-refractivity contribution in [1.29, 1.82) is 0 Å². The molecule has 136 valence electrons. The predicted octanol–water partition coefficient (Wildman–Crippen LogP) is 4.26. The van der Waals surface area contributed by atoms with Crippen LogP contribution >= 0.6 is 22.7 Å². The van der Waals surface area contributed by atoms with Crippen molar-refractivity contribution in [2.45, 2.75) is 19.8 Å². The van der Waals surface area contributed by atoms with E-state index in [9.17, 15) is 9.59 Å². The third-order valence-corrected chi connectivity index (χ3v) is 6.07. The Morgan fingerprint density at radius 3 is 2.74 bits per heavy atom. The summed E-state index contributed by atoms with van der Waals surface area (Å²) in [5.74, 6) is -0.241. The van der Waals surface area contributed by atoms with Crippen LogP contribution in [-0.4, -0.2) is 20.3 Å². The summed E-state index contributed by atoms with van der Waals surface area (Å²) in [6.07, 6.45) is 2.93. The zero-order valence-corrected chi connectivity index (χ0v) is 16.3. The van der Waals surface area contributed by atoms with Crippen LogP contribution in [0.3, 0.4) is 0 Å². The highest BCUT2D eigenvalue weighted by Gasteiger charge is 2.19. The van der Waals surface area contributed by atoms with Gasteiger partial charge in [-0.3, -0.25) is 19.3 Å². The first kappa shape index (κ1) is 17.6. The van der Waals surface area contributed by atoms with Gasteiger partial charge in [-0.25, -0.2) is 9.97 Å². The Bertz CT molecular complexity index is 1180. The van der Waals surface area contributed by atoms with Gasteiger partial charge in [-0.05, 0) is 5.92 Å². The topological polar surface area (TPSA) is 76.4 Å². The SMILES string of the molecule is CC(C)c1sc(NC(=O)c2cnc3sccn3c2=O)nc1-c1ccccc1. The Morgan fingerprint density at radius 2 is 2.00 bits per heavy atom. The second-order valence-corrected chi connectivity index (χ2v) is 8.14. The molecule has 6 nitrogen and oxygen atoms in total. The molecule has 0 radical (unpaired) electrons. The van der Waals surface area contributed by atoms with Gasteiger partial charge in [-0.15, -0.1) is 22.7 Å². The standard InChI is InChI=1S/C19H16N4O2S2/c1-11(2)15-14(12-6-4-3-5-7-12)21-18(27-15)22-16(24)13-10-20-19-23(17(13)25)8-9-26-19/h3-11H,1-2H3,(H,21,22,24). The first-order valence-corrected chi connectivity index (χ1v) is 10.1. The number of carbonyl (C=O) groups is 1. The number of nitrogens with zero attached hydrogens (tertiary/aromatic N) is 3. The molecule has 1 N–H and O–H groups in total. The Labute approximate surface area is 163 Å². The molecule has 0 spiro atoms. The minimum absolute atomic E-state index is 0.00606. The Hall–Kier alpha value is -2.84. The molecule has 4 rings (SSSR count). The van der Waals surface area contributed by atoms with Gasteiger partial charge in [0.25, 0.3) is 11.5 Å². The molecule has 0 saturated carbocycles. The number of rotatable bonds is 4. The van der Waals surface area contributed by atoms with Gasteiger partial charge in [0.1, 0.15) is 5.56 Å². The largest absolute Gasteiger partial charge is 0.298 e. The number of carbonyl (C=O) groups excluding carboxylic acids is 1. The van der Waals surface area contributed by atoms with Gasteiger partial charge in [-0.1, -0.05) is 44.2 Å². The van der Waals surface area contributed by atoms with E-state index in [0.29, 0.717) is 10.1 Å². The zero-order valence-electron chi connectivity index (χ0n) is 14.7. The molecule has 0 atom stereocenters. The molecule has 1 amide bonds. The molecule has 0 unspecified atom stereocenters. The molecule has 3 aromatic heterocycles. The lowest BCUT2D eigenvalue weighted by atomic mass is 10.1. The molecular weight excluding hydrogens is 380 g/mol. The molecule has 3 heterocycles. The van der Waals surface area contributed by atoms with Gasteiger partial charge in [0.15, 0.2) is 10.1 Å². The maximum atomic E-state index is 12.6. The quantitative estimate of drug-likeness (QED) is 0.559. The van der Waals surface area contributed by atoms with Crippen molar-refractivity contribution in [3.05, 3.63) is 68.9 Å². The van der Waals surface area contributed by atoms with Gasteiger partial charge >= 0.3 is 0 Å². The van der Waals surface area contributed by atoms with Crippen molar-refractivity contribution in [3.8, 4) is 11.3 Å². The van der Waals surface area contributed by atoms with E-state index in [2.05, 4.69) is 29.1 Å². The number of nitrogens with one attached hydrogen (secondary N) is 1. The number of aromatic nitrogens is 3. The summed E-state index contributed by atoms with van der Waals surface area (Å²) in [5, 5.41) is 4.99. The van der Waals surface area contributed by atoms with E-state index in [1.165, 1.54) is 33.3 Å². The van der Waals surface area contributed by atoms with Crippen LogP contribution in [0.1, 0.15) is 35.0 Å². The molecule has 4 aromatic rings. The van der Waals surface area contributed by atoms with Crippen LogP contribution in [0.25, 0.3) is 16.2 Å². The van der Waals surface area contributed by atoms with E-state index >= 15 is 0 Å². The summed E-state index contributed by atoms with van der Waals surface area (Å²) in [6, 6.07) is 9.86. The van der Waals surface area contributed by atoms with Gasteiger partial charge < -0.3 is 0 Å². The van der Waals surface area contributed by atoms with Crippen LogP contribution < -0.4 is 10.9 Å². The van der Waals surface area contributed by atoms with Crippen molar-refractivity contribution >= 4 is 38.7 Å². The van der Waals surface area contributed by atoms with Crippen LogP contribution in [0.2, 0.25) is 0 Å². The molecule has 0 saturated heterocycles. The lowest BCUT2D eigenvalue weighted by molar-refractivity contribution is 0.102. The van der Waals surface area contributed by atoms with E-state index in [-0.39, 0.29) is 17.0 Å². The zero-order chi connectivity index (χ0) is 19.0. The fourth-order valence-electron chi connectivity index (χ4n) is 2.72. The summed E-state index contributed by atoms with van der Waals surface area (Å²) in [6.45, 7) is 4.18. The molecule has 0 aliphatic heterocycles. The van der Waals surface area contributed by atoms with Gasteiger partial charge in [-0.2, -0.15) is 0 Å². The maximum absolute atomic E-state index is 12.6. The first-order chi connectivity index (χ1) is 13.0. The van der Waals surface area contributed by atoms with Gasteiger partial charge in [0, 0.05) is 28.2 Å². The average molecular weight is 396 g/mol. The molecular formula is C19H16N4O2S2. The number of hydrogen-bond acceptors (Lipinski definition) is 6. The van der Waals surface area contributed by atoms with Crippen LogP contribution in [0.5, 0.6) is 0 Å². The smallest absolute Gasteiger partial charge is 0.271 e. The van der Waals surface area contributed by atoms with E-state index in [1.54, 1.807) is 11.6 Å². The van der Waals surface area contributed by atoms with Crippen molar-refractivity contribution in [2.75, 3.05) is 5.32 Å². The minimum atomic E-state index is -0.503. The fraction of sp³-hybridized carbons (Fsp3) is 0.158. The summed E-state index contributed by atoms with van der Waals surface area (Å²) in [7, 11) is 0. The molecule has 1 aromatic carbocycles. The second-order valence-electron chi connectivity index (χ2n) is 6.24. The number of benzene rings is 1. The van der Waals surface area contributed by atoms with Crippen LogP contribution in [0.15, 0.2) is 52.9 Å². The van der Waals surface area contributed by atoms with Crippen molar-refractivity contribution in [2.24, 2.45) is 0 Å². The van der Waals surface area contributed by atoms with Crippen molar-refractivity contribution < 1.29 is 4.79 Å². The monoisotopic (exact) mass is 396 g/mol. The number of amides is 1. The van der Waals surface area contributed by atoms with Gasteiger partial charge in [0.05, 0.1) is 5.69 Å². The molecule has 0 aliphatic carbocycles. The Balaban J connectivity index is 1.69. The van der Waals surface area contributed by atoms with E-state index < -0.39 is 5.91 Å². The number of hydrogen-bond donors (Lipinski definition) is 1. The summed E-state index contributed by atoms with van der Waals surface area (Å²) < 4.78 is 1.37. The Kier molecular flexibility index (Phi) is 4.59. The van der Waals surface area contributed by atoms with E-state index in [4.69, 9.17) is 0 Å². The molecule has 8 heteroatoms. The maximum Gasteiger partial charge on any atom is 0.271 e. The molecule has 27 heavy (non-hydrogen) atoms. The van der Waals surface area contributed by atoms with E-state index in [1.807, 2.05) is 30.3 Å². The van der Waals surface area contributed by atoms with Gasteiger partial charge in [0.2, 0.25) is 0 Å². The number of thiazole rings is 2. The average Bonchev–Trinajstić information content (AvgIpc) is 3.30. The first-order valence-electron chi connectivity index (χ1n) is 8.37.